The van der Waals surface area contributed by atoms with Crippen LogP contribution in [0.25, 0.3) is 0 Å². The first-order valence-corrected chi connectivity index (χ1v) is 10.6. The summed E-state index contributed by atoms with van der Waals surface area (Å²) in [5.74, 6) is 0.650. The third-order valence-corrected chi connectivity index (χ3v) is 5.04. The summed E-state index contributed by atoms with van der Waals surface area (Å²) in [6.45, 7) is 4.28. The van der Waals surface area contributed by atoms with E-state index in [1.807, 2.05) is 6.92 Å². The number of nitrogens with zero attached hydrogens (tertiary/aromatic N) is 1. The highest BCUT2D eigenvalue weighted by Crippen LogP contribution is 2.28. The van der Waals surface area contributed by atoms with E-state index in [2.05, 4.69) is 10.5 Å². The lowest BCUT2D eigenvalue weighted by Crippen LogP contribution is -2.19. The Hall–Kier alpha value is -2.87. The number of nitrogens with one attached hydrogen (secondary N) is 1. The van der Waals surface area contributed by atoms with Crippen LogP contribution in [-0.2, 0) is 9.84 Å². The van der Waals surface area contributed by atoms with Crippen molar-refractivity contribution in [3.05, 3.63) is 53.6 Å². The second-order valence-electron chi connectivity index (χ2n) is 6.15. The molecule has 0 saturated carbocycles. The smallest absolute Gasteiger partial charge is 0.271 e. The van der Waals surface area contributed by atoms with Crippen molar-refractivity contribution in [2.24, 2.45) is 5.10 Å². The minimum absolute atomic E-state index is 0.227. The van der Waals surface area contributed by atoms with Crippen molar-refractivity contribution in [3.63, 3.8) is 0 Å². The molecule has 0 saturated heterocycles. The van der Waals surface area contributed by atoms with E-state index >= 15 is 0 Å². The van der Waals surface area contributed by atoms with E-state index in [1.54, 1.807) is 37.3 Å². The van der Waals surface area contributed by atoms with Crippen LogP contribution >= 0.6 is 0 Å². The monoisotopic (exact) mass is 404 g/mol. The van der Waals surface area contributed by atoms with E-state index in [0.717, 1.165) is 12.7 Å². The molecule has 0 aromatic heterocycles. The zero-order chi connectivity index (χ0) is 20.7. The van der Waals surface area contributed by atoms with Crippen molar-refractivity contribution in [2.45, 2.75) is 25.2 Å². The summed E-state index contributed by atoms with van der Waals surface area (Å²) < 4.78 is 33.9. The van der Waals surface area contributed by atoms with Crippen LogP contribution in [0.4, 0.5) is 0 Å². The SMILES string of the molecule is CCCOc1ccc(C(=O)N/N=C(/C)c2ccc(S(C)(=O)=O)cc2)cc1OC. The summed E-state index contributed by atoms with van der Waals surface area (Å²) >= 11 is 0. The lowest BCUT2D eigenvalue weighted by atomic mass is 10.1. The standard InChI is InChI=1S/C20H24N2O5S/c1-5-12-27-18-11-8-16(13-19(18)26-3)20(23)22-21-14(2)15-6-9-17(10-7-15)28(4,24)25/h6-11,13H,5,12H2,1-4H3,(H,22,23)/b21-14-. The number of hydrogen-bond donors (Lipinski definition) is 1. The molecule has 2 aromatic rings. The molecule has 1 N–H and O–H groups in total. The van der Waals surface area contributed by atoms with Crippen molar-refractivity contribution >= 4 is 21.5 Å². The van der Waals surface area contributed by atoms with Crippen molar-refractivity contribution in [2.75, 3.05) is 20.0 Å². The molecule has 150 valence electrons. The maximum Gasteiger partial charge on any atom is 0.271 e. The van der Waals surface area contributed by atoms with Crippen LogP contribution in [0.5, 0.6) is 11.5 Å². The Kier molecular flexibility index (Phi) is 7.17. The van der Waals surface area contributed by atoms with E-state index in [4.69, 9.17) is 9.47 Å². The zero-order valence-corrected chi connectivity index (χ0v) is 17.2. The van der Waals surface area contributed by atoms with Crippen LogP contribution in [-0.4, -0.2) is 40.0 Å². The lowest BCUT2D eigenvalue weighted by molar-refractivity contribution is 0.0954. The number of carbonyl (C=O) groups excluding carboxylic acids is 1. The highest BCUT2D eigenvalue weighted by Gasteiger charge is 2.11. The Bertz CT molecular complexity index is 967. The van der Waals surface area contributed by atoms with Gasteiger partial charge in [0.15, 0.2) is 21.3 Å². The molecule has 0 aliphatic carbocycles. The first-order valence-electron chi connectivity index (χ1n) is 8.72. The van der Waals surface area contributed by atoms with E-state index in [-0.39, 0.29) is 4.90 Å². The number of methoxy groups -OCH3 is 1. The normalized spacial score (nSPS) is 11.8. The Morgan fingerprint density at radius 1 is 1.07 bits per heavy atom. The molecule has 0 heterocycles. The predicted octanol–water partition coefficient (Wildman–Crippen LogP) is 3.04. The average Bonchev–Trinajstić information content (AvgIpc) is 2.69. The Morgan fingerprint density at radius 3 is 2.29 bits per heavy atom. The van der Waals surface area contributed by atoms with Crippen LogP contribution in [0.1, 0.15) is 36.2 Å². The molecule has 2 aromatic carbocycles. The molecule has 0 atom stereocenters. The summed E-state index contributed by atoms with van der Waals surface area (Å²) in [5.41, 5.74) is 4.12. The molecule has 0 aliphatic heterocycles. The summed E-state index contributed by atoms with van der Waals surface area (Å²) in [6, 6.07) is 11.2. The van der Waals surface area contributed by atoms with Crippen molar-refractivity contribution in [1.29, 1.82) is 0 Å². The van der Waals surface area contributed by atoms with Gasteiger partial charge in [0.1, 0.15) is 0 Å². The van der Waals surface area contributed by atoms with Gasteiger partial charge in [-0.3, -0.25) is 4.79 Å². The number of ether oxygens (including phenoxy) is 2. The van der Waals surface area contributed by atoms with Crippen molar-refractivity contribution in [1.82, 2.24) is 5.43 Å². The fourth-order valence-corrected chi connectivity index (χ4v) is 2.98. The highest BCUT2D eigenvalue weighted by molar-refractivity contribution is 7.90. The molecule has 8 heteroatoms. The Labute approximate surface area is 165 Å². The fourth-order valence-electron chi connectivity index (χ4n) is 2.35. The van der Waals surface area contributed by atoms with Crippen LogP contribution in [0.3, 0.4) is 0 Å². The molecule has 0 aliphatic rings. The second-order valence-corrected chi connectivity index (χ2v) is 8.16. The van der Waals surface area contributed by atoms with Gasteiger partial charge in [0.25, 0.3) is 5.91 Å². The van der Waals surface area contributed by atoms with Gasteiger partial charge in [0, 0.05) is 11.8 Å². The summed E-state index contributed by atoms with van der Waals surface area (Å²) in [5, 5.41) is 4.09. The molecular weight excluding hydrogens is 380 g/mol. The number of hydrogen-bond acceptors (Lipinski definition) is 6. The van der Waals surface area contributed by atoms with Gasteiger partial charge in [-0.25, -0.2) is 13.8 Å². The Balaban J connectivity index is 2.11. The van der Waals surface area contributed by atoms with Gasteiger partial charge in [-0.15, -0.1) is 0 Å². The number of hydrazone groups is 1. The minimum Gasteiger partial charge on any atom is -0.493 e. The maximum absolute atomic E-state index is 12.4. The van der Waals surface area contributed by atoms with E-state index in [1.165, 1.54) is 19.2 Å². The van der Waals surface area contributed by atoms with Gasteiger partial charge >= 0.3 is 0 Å². The van der Waals surface area contributed by atoms with Crippen molar-refractivity contribution in [3.8, 4) is 11.5 Å². The van der Waals surface area contributed by atoms with Gasteiger partial charge < -0.3 is 9.47 Å². The highest BCUT2D eigenvalue weighted by atomic mass is 32.2. The van der Waals surface area contributed by atoms with E-state index in [9.17, 15) is 13.2 Å². The summed E-state index contributed by atoms with van der Waals surface area (Å²) in [7, 11) is -1.74. The largest absolute Gasteiger partial charge is 0.493 e. The number of benzene rings is 2. The maximum atomic E-state index is 12.4. The molecule has 0 spiro atoms. The van der Waals surface area contributed by atoms with Crippen LogP contribution in [0, 0.1) is 0 Å². The average molecular weight is 404 g/mol. The Morgan fingerprint density at radius 2 is 1.71 bits per heavy atom. The molecular formula is C20H24N2O5S. The summed E-state index contributed by atoms with van der Waals surface area (Å²) in [6.07, 6.45) is 2.01. The predicted molar refractivity (Wildman–Crippen MR) is 108 cm³/mol. The first-order chi connectivity index (χ1) is 13.3. The number of amides is 1. The van der Waals surface area contributed by atoms with E-state index in [0.29, 0.717) is 34.9 Å². The minimum atomic E-state index is -3.25. The first kappa shape index (κ1) is 21.4. The van der Waals surface area contributed by atoms with Gasteiger partial charge in [0.05, 0.1) is 24.3 Å². The summed E-state index contributed by atoms with van der Waals surface area (Å²) in [4.78, 5) is 12.6. The molecule has 7 nitrogen and oxygen atoms in total. The lowest BCUT2D eigenvalue weighted by Gasteiger charge is -2.11. The van der Waals surface area contributed by atoms with Crippen LogP contribution < -0.4 is 14.9 Å². The molecule has 0 bridgehead atoms. The molecule has 1 amide bonds. The van der Waals surface area contributed by atoms with Gasteiger partial charge in [0.2, 0.25) is 0 Å². The molecule has 28 heavy (non-hydrogen) atoms. The fraction of sp³-hybridized carbons (Fsp3) is 0.300. The topological polar surface area (TPSA) is 94.1 Å². The van der Waals surface area contributed by atoms with Crippen LogP contribution in [0.2, 0.25) is 0 Å². The quantitative estimate of drug-likeness (QED) is 0.539. The molecule has 0 fully saturated rings. The molecule has 0 unspecified atom stereocenters. The van der Waals surface area contributed by atoms with Gasteiger partial charge in [-0.1, -0.05) is 19.1 Å². The third-order valence-electron chi connectivity index (χ3n) is 3.91. The van der Waals surface area contributed by atoms with Crippen LogP contribution in [0.15, 0.2) is 52.5 Å². The van der Waals surface area contributed by atoms with E-state index < -0.39 is 15.7 Å². The zero-order valence-electron chi connectivity index (χ0n) is 16.4. The molecule has 0 radical (unpaired) electrons. The second kappa shape index (κ2) is 9.36. The number of carbonyl (C=O) groups is 1. The number of rotatable bonds is 8. The van der Waals surface area contributed by atoms with Gasteiger partial charge in [-0.2, -0.15) is 5.10 Å². The number of sulfone groups is 1. The third kappa shape index (κ3) is 5.56. The van der Waals surface area contributed by atoms with Gasteiger partial charge in [-0.05, 0) is 49.2 Å². The molecule has 2 rings (SSSR count). The van der Waals surface area contributed by atoms with Crippen molar-refractivity contribution < 1.29 is 22.7 Å².